The normalized spacial score (nSPS) is 19.9. The highest BCUT2D eigenvalue weighted by Crippen LogP contribution is 2.38. The van der Waals surface area contributed by atoms with Gasteiger partial charge in [-0.05, 0) is 36.5 Å². The summed E-state index contributed by atoms with van der Waals surface area (Å²) < 4.78 is 15.0. The second kappa shape index (κ2) is 4.43. The summed E-state index contributed by atoms with van der Waals surface area (Å²) in [4.78, 5) is 0. The van der Waals surface area contributed by atoms with Crippen molar-refractivity contribution in [2.75, 3.05) is 0 Å². The summed E-state index contributed by atoms with van der Waals surface area (Å²) in [5, 5.41) is 0. The van der Waals surface area contributed by atoms with Crippen LogP contribution in [0.25, 0.3) is 0 Å². The van der Waals surface area contributed by atoms with Crippen LogP contribution in [-0.2, 0) is 0 Å². The molecule has 0 bridgehead atoms. The van der Waals surface area contributed by atoms with E-state index in [1.807, 2.05) is 24.3 Å². The van der Waals surface area contributed by atoms with E-state index in [2.05, 4.69) is 15.9 Å². The molecular formula is C12H14BrF. The van der Waals surface area contributed by atoms with Gasteiger partial charge in [-0.3, -0.25) is 0 Å². The lowest BCUT2D eigenvalue weighted by Crippen LogP contribution is -2.03. The molecule has 1 aliphatic carbocycles. The maximum absolute atomic E-state index is 14.0. The molecule has 0 spiro atoms. The van der Waals surface area contributed by atoms with Gasteiger partial charge in [0.25, 0.3) is 0 Å². The first-order valence-electron chi connectivity index (χ1n) is 5.17. The lowest BCUT2D eigenvalue weighted by atomic mass is 9.96. The highest BCUT2D eigenvalue weighted by Gasteiger charge is 2.25. The summed E-state index contributed by atoms with van der Waals surface area (Å²) in [6, 6.07) is 7.59. The van der Waals surface area contributed by atoms with Gasteiger partial charge < -0.3 is 0 Å². The molecule has 0 N–H and O–H groups in total. The van der Waals surface area contributed by atoms with Crippen molar-refractivity contribution in [2.24, 2.45) is 5.92 Å². The van der Waals surface area contributed by atoms with Crippen molar-refractivity contribution in [3.8, 4) is 0 Å². The number of hydrogen-bond donors (Lipinski definition) is 0. The maximum atomic E-state index is 14.0. The number of halogens is 2. The van der Waals surface area contributed by atoms with E-state index in [1.165, 1.54) is 12.8 Å². The van der Waals surface area contributed by atoms with E-state index in [0.717, 1.165) is 22.9 Å². The lowest BCUT2D eigenvalue weighted by molar-refractivity contribution is 0.235. The molecule has 14 heavy (non-hydrogen) atoms. The Kier molecular flexibility index (Phi) is 3.22. The summed E-state index contributed by atoms with van der Waals surface area (Å²) in [5.41, 5.74) is 0.833. The van der Waals surface area contributed by atoms with E-state index in [4.69, 9.17) is 0 Å². The third-order valence-electron chi connectivity index (χ3n) is 3.00. The molecule has 0 heterocycles. The molecule has 0 amide bonds. The second-order valence-corrected chi connectivity index (χ2v) is 4.91. The van der Waals surface area contributed by atoms with Crippen molar-refractivity contribution < 1.29 is 4.39 Å². The smallest absolute Gasteiger partial charge is 0.128 e. The van der Waals surface area contributed by atoms with Crippen molar-refractivity contribution in [3.05, 3.63) is 34.3 Å². The van der Waals surface area contributed by atoms with Gasteiger partial charge in [-0.25, -0.2) is 4.39 Å². The molecule has 2 rings (SSSR count). The molecule has 1 unspecified atom stereocenters. The molecule has 1 saturated carbocycles. The Morgan fingerprint density at radius 3 is 2.29 bits per heavy atom. The van der Waals surface area contributed by atoms with Gasteiger partial charge in [0.05, 0.1) is 0 Å². The van der Waals surface area contributed by atoms with Crippen LogP contribution in [0.5, 0.6) is 0 Å². The number of rotatable bonds is 2. The van der Waals surface area contributed by atoms with Crippen molar-refractivity contribution in [2.45, 2.75) is 31.9 Å². The van der Waals surface area contributed by atoms with E-state index in [9.17, 15) is 4.39 Å². The van der Waals surface area contributed by atoms with E-state index in [-0.39, 0.29) is 5.92 Å². The molecule has 0 aliphatic heterocycles. The van der Waals surface area contributed by atoms with Crippen LogP contribution in [0.2, 0.25) is 0 Å². The van der Waals surface area contributed by atoms with E-state index >= 15 is 0 Å². The molecule has 0 nitrogen and oxygen atoms in total. The third kappa shape index (κ3) is 2.17. The minimum Gasteiger partial charge on any atom is -0.242 e. The number of hydrogen-bond acceptors (Lipinski definition) is 0. The predicted molar refractivity (Wildman–Crippen MR) is 59.9 cm³/mol. The van der Waals surface area contributed by atoms with E-state index < -0.39 is 6.17 Å². The molecule has 0 radical (unpaired) electrons. The van der Waals surface area contributed by atoms with Crippen molar-refractivity contribution in [1.29, 1.82) is 0 Å². The molecule has 0 aromatic heterocycles. The summed E-state index contributed by atoms with van der Waals surface area (Å²) in [6.45, 7) is 0. The summed E-state index contributed by atoms with van der Waals surface area (Å²) in [5.74, 6) is 0.260. The Labute approximate surface area is 92.6 Å². The van der Waals surface area contributed by atoms with Gasteiger partial charge in [-0.15, -0.1) is 0 Å². The number of benzene rings is 1. The van der Waals surface area contributed by atoms with Gasteiger partial charge in [0.15, 0.2) is 0 Å². The molecular weight excluding hydrogens is 243 g/mol. The third-order valence-corrected chi connectivity index (χ3v) is 3.53. The minimum absolute atomic E-state index is 0.260. The summed E-state index contributed by atoms with van der Waals surface area (Å²) in [7, 11) is 0. The Balaban J connectivity index is 2.09. The van der Waals surface area contributed by atoms with Crippen LogP contribution >= 0.6 is 15.9 Å². The second-order valence-electron chi connectivity index (χ2n) is 4.00. The Bertz CT molecular complexity index is 288. The summed E-state index contributed by atoms with van der Waals surface area (Å²) >= 11 is 3.36. The average Bonchev–Trinajstić information content (AvgIpc) is 2.71. The first-order valence-corrected chi connectivity index (χ1v) is 5.96. The van der Waals surface area contributed by atoms with E-state index in [1.54, 1.807) is 0 Å². The van der Waals surface area contributed by atoms with Gasteiger partial charge >= 0.3 is 0 Å². The fourth-order valence-electron chi connectivity index (χ4n) is 2.17. The molecule has 2 heteroatoms. The van der Waals surface area contributed by atoms with Crippen LogP contribution in [-0.4, -0.2) is 0 Å². The Morgan fingerprint density at radius 2 is 1.71 bits per heavy atom. The zero-order valence-corrected chi connectivity index (χ0v) is 9.63. The van der Waals surface area contributed by atoms with Crippen LogP contribution in [0.1, 0.15) is 37.4 Å². The van der Waals surface area contributed by atoms with Crippen molar-refractivity contribution in [1.82, 2.24) is 0 Å². The fourth-order valence-corrected chi connectivity index (χ4v) is 2.43. The highest BCUT2D eigenvalue weighted by molar-refractivity contribution is 9.10. The molecule has 1 fully saturated rings. The molecule has 1 aromatic rings. The van der Waals surface area contributed by atoms with Gasteiger partial charge in [0.2, 0.25) is 0 Å². The SMILES string of the molecule is FC(c1ccc(Br)cc1)C1CCCC1. The number of alkyl halides is 1. The van der Waals surface area contributed by atoms with Gasteiger partial charge in [0, 0.05) is 4.47 Å². The average molecular weight is 257 g/mol. The first kappa shape index (κ1) is 10.2. The van der Waals surface area contributed by atoms with Crippen LogP contribution < -0.4 is 0 Å². The molecule has 0 saturated heterocycles. The van der Waals surface area contributed by atoms with Crippen LogP contribution in [0, 0.1) is 5.92 Å². The van der Waals surface area contributed by atoms with Gasteiger partial charge in [-0.1, -0.05) is 40.9 Å². The Hall–Kier alpha value is -0.370. The van der Waals surface area contributed by atoms with Gasteiger partial charge in [-0.2, -0.15) is 0 Å². The molecule has 1 aliphatic rings. The highest BCUT2D eigenvalue weighted by atomic mass is 79.9. The minimum atomic E-state index is -0.759. The van der Waals surface area contributed by atoms with Crippen molar-refractivity contribution in [3.63, 3.8) is 0 Å². The quantitative estimate of drug-likeness (QED) is 0.723. The first-order chi connectivity index (χ1) is 6.77. The van der Waals surface area contributed by atoms with Crippen LogP contribution in [0.15, 0.2) is 28.7 Å². The molecule has 1 aromatic carbocycles. The zero-order valence-electron chi connectivity index (χ0n) is 8.05. The topological polar surface area (TPSA) is 0 Å². The fraction of sp³-hybridized carbons (Fsp3) is 0.500. The molecule has 76 valence electrons. The summed E-state index contributed by atoms with van der Waals surface area (Å²) in [6.07, 6.45) is 3.74. The van der Waals surface area contributed by atoms with Gasteiger partial charge in [0.1, 0.15) is 6.17 Å². The predicted octanol–water partition coefficient (Wildman–Crippen LogP) is 4.65. The van der Waals surface area contributed by atoms with Crippen LogP contribution in [0.4, 0.5) is 4.39 Å². The van der Waals surface area contributed by atoms with Crippen molar-refractivity contribution >= 4 is 15.9 Å². The Morgan fingerprint density at radius 1 is 1.14 bits per heavy atom. The molecule has 1 atom stereocenters. The van der Waals surface area contributed by atoms with E-state index in [0.29, 0.717) is 0 Å². The lowest BCUT2D eigenvalue weighted by Gasteiger charge is -2.15. The monoisotopic (exact) mass is 256 g/mol. The maximum Gasteiger partial charge on any atom is 0.128 e. The zero-order chi connectivity index (χ0) is 9.97. The standard InChI is InChI=1S/C12H14BrF/c13-11-7-5-10(6-8-11)12(14)9-3-1-2-4-9/h5-9,12H,1-4H2. The largest absolute Gasteiger partial charge is 0.242 e. The van der Waals surface area contributed by atoms with Crippen LogP contribution in [0.3, 0.4) is 0 Å².